The summed E-state index contributed by atoms with van der Waals surface area (Å²) in [6.07, 6.45) is 1.52. The number of hydrogen-bond acceptors (Lipinski definition) is 10. The van der Waals surface area contributed by atoms with Crippen LogP contribution in [0.25, 0.3) is 6.08 Å². The minimum absolute atomic E-state index is 0.105. The molecule has 0 aliphatic rings. The molecule has 3 aromatic rings. The smallest absolute Gasteiger partial charge is 0.338 e. The molecule has 0 unspecified atom stereocenters. The highest BCUT2D eigenvalue weighted by Crippen LogP contribution is 2.32. The minimum atomic E-state index is -0.789. The van der Waals surface area contributed by atoms with E-state index in [2.05, 4.69) is 22.0 Å². The second-order valence-corrected chi connectivity index (χ2v) is 7.76. The van der Waals surface area contributed by atoms with E-state index in [-0.39, 0.29) is 29.1 Å². The van der Waals surface area contributed by atoms with E-state index >= 15 is 0 Å². The van der Waals surface area contributed by atoms with Gasteiger partial charge in [0.1, 0.15) is 28.6 Å². The Labute approximate surface area is 218 Å². The van der Waals surface area contributed by atoms with Crippen molar-refractivity contribution < 1.29 is 28.9 Å². The van der Waals surface area contributed by atoms with Crippen LogP contribution in [0.1, 0.15) is 21.5 Å². The molecule has 0 bridgehead atoms. The molecular formula is C28H25N3O7. The van der Waals surface area contributed by atoms with Crippen molar-refractivity contribution in [1.82, 2.24) is 0 Å². The van der Waals surface area contributed by atoms with Crippen molar-refractivity contribution in [2.24, 2.45) is 15.4 Å². The molecule has 0 radical (unpaired) electrons. The first-order valence-electron chi connectivity index (χ1n) is 11.3. The Hall–Kier alpha value is -5.12. The third kappa shape index (κ3) is 6.97. The first-order chi connectivity index (χ1) is 18.4. The summed E-state index contributed by atoms with van der Waals surface area (Å²) in [7, 11) is 2.85. The molecule has 0 spiro atoms. The van der Waals surface area contributed by atoms with Crippen LogP contribution in [0.3, 0.4) is 0 Å². The van der Waals surface area contributed by atoms with Gasteiger partial charge in [-0.3, -0.25) is 4.79 Å². The molecule has 0 aliphatic heterocycles. The Kier molecular flexibility index (Phi) is 9.59. The van der Waals surface area contributed by atoms with Crippen molar-refractivity contribution in [3.8, 4) is 11.5 Å². The number of para-hydroxylation sites is 1. The molecule has 0 fully saturated rings. The predicted octanol–water partition coefficient (Wildman–Crippen LogP) is 6.27. The number of allylic oxidation sites excluding steroid dienone is 1. The largest absolute Gasteiger partial charge is 0.509 e. The molecule has 0 heterocycles. The lowest BCUT2D eigenvalue weighted by molar-refractivity contribution is -0.118. The third-order valence-electron chi connectivity index (χ3n) is 5.33. The number of ether oxygens (including phenoxy) is 3. The van der Waals surface area contributed by atoms with Crippen LogP contribution in [0.15, 0.2) is 100 Å². The number of hydrogen-bond donors (Lipinski definition) is 1. The Bertz CT molecular complexity index is 1400. The van der Waals surface area contributed by atoms with Crippen LogP contribution in [0.4, 0.5) is 11.4 Å². The molecule has 1 N–H and O–H groups in total. The molecule has 0 saturated heterocycles. The number of aliphatic hydroxyl groups excluding tert-OH is 1. The zero-order chi connectivity index (χ0) is 27.5. The summed E-state index contributed by atoms with van der Waals surface area (Å²) in [4.78, 5) is 36.3. The summed E-state index contributed by atoms with van der Waals surface area (Å²) in [5.74, 6) is -1.26. The predicted molar refractivity (Wildman–Crippen MR) is 141 cm³/mol. The molecule has 0 amide bonds. The number of carbonyl (C=O) groups is 2. The highest BCUT2D eigenvalue weighted by atomic mass is 16.5. The van der Waals surface area contributed by atoms with Gasteiger partial charge >= 0.3 is 5.97 Å². The van der Waals surface area contributed by atoms with E-state index in [9.17, 15) is 19.6 Å². The van der Waals surface area contributed by atoms with E-state index in [4.69, 9.17) is 14.2 Å². The maximum atomic E-state index is 13.1. The van der Waals surface area contributed by atoms with Gasteiger partial charge in [-0.15, -0.1) is 15.1 Å². The van der Waals surface area contributed by atoms with Crippen molar-refractivity contribution in [3.63, 3.8) is 0 Å². The number of esters is 1. The van der Waals surface area contributed by atoms with Gasteiger partial charge in [-0.25, -0.2) is 4.79 Å². The van der Waals surface area contributed by atoms with Gasteiger partial charge in [0.25, 0.3) is 0 Å². The molecule has 38 heavy (non-hydrogen) atoms. The van der Waals surface area contributed by atoms with E-state index in [0.29, 0.717) is 11.3 Å². The number of methoxy groups -OCH3 is 2. The Morgan fingerprint density at radius 3 is 2.34 bits per heavy atom. The maximum Gasteiger partial charge on any atom is 0.338 e. The number of aliphatic hydroxyl groups is 1. The number of ketones is 1. The summed E-state index contributed by atoms with van der Waals surface area (Å²) in [5.41, 5.74) is 1.50. The first kappa shape index (κ1) is 27.5. The fourth-order valence-corrected chi connectivity index (χ4v) is 3.34. The topological polar surface area (TPSA) is 136 Å². The summed E-state index contributed by atoms with van der Waals surface area (Å²) >= 11 is 0. The van der Waals surface area contributed by atoms with Gasteiger partial charge in [-0.1, -0.05) is 43.0 Å². The molecule has 3 aromatic carbocycles. The van der Waals surface area contributed by atoms with Gasteiger partial charge in [0, 0.05) is 18.1 Å². The van der Waals surface area contributed by atoms with E-state index in [0.717, 1.165) is 5.56 Å². The summed E-state index contributed by atoms with van der Waals surface area (Å²) in [5, 5.41) is 21.7. The zero-order valence-electron chi connectivity index (χ0n) is 20.8. The quantitative estimate of drug-likeness (QED) is 0.0987. The number of nitrogens with zero attached hydrogens (tertiary/aromatic N) is 3. The van der Waals surface area contributed by atoms with Crippen LogP contribution in [0.2, 0.25) is 0 Å². The maximum absolute atomic E-state index is 13.1. The first-order valence-corrected chi connectivity index (χ1v) is 11.3. The van der Waals surface area contributed by atoms with Crippen LogP contribution in [-0.2, 0) is 16.0 Å². The molecule has 10 heteroatoms. The molecule has 0 atom stereocenters. The highest BCUT2D eigenvalue weighted by molar-refractivity contribution is 5.99. The Morgan fingerprint density at radius 2 is 1.68 bits per heavy atom. The Balaban J connectivity index is 1.90. The average molecular weight is 516 g/mol. The molecule has 3 rings (SSSR count). The second kappa shape index (κ2) is 13.3. The third-order valence-corrected chi connectivity index (χ3v) is 5.33. The number of benzene rings is 3. The molecular weight excluding hydrogens is 490 g/mol. The standard InChI is InChI=1S/C28H25N3O7/c1-4-18-9-11-19(12-10-18)28(34)38-17-24(33)27(23(32)15-20-7-5-6-8-25(20)36-2)30-29-22-14-13-21(31-35)16-26(22)37-3/h4-14,16,32H,1,15,17H2,2-3H3. The van der Waals surface area contributed by atoms with Gasteiger partial charge < -0.3 is 19.3 Å². The van der Waals surface area contributed by atoms with Gasteiger partial charge in [0.2, 0.25) is 5.78 Å². The fourth-order valence-electron chi connectivity index (χ4n) is 3.34. The van der Waals surface area contributed by atoms with Crippen LogP contribution in [-0.4, -0.2) is 37.7 Å². The van der Waals surface area contributed by atoms with Crippen LogP contribution < -0.4 is 9.47 Å². The highest BCUT2D eigenvalue weighted by Gasteiger charge is 2.20. The number of rotatable bonds is 12. The van der Waals surface area contributed by atoms with Gasteiger partial charge in [-0.2, -0.15) is 0 Å². The number of Topliss-reactive ketones (excluding diaryl/α,β-unsaturated/α-hetero) is 1. The SMILES string of the molecule is C=Cc1ccc(C(=O)OCC(=O)C(N=Nc2ccc(N=O)cc2OC)=C(O)Cc2ccccc2OC)cc1. The Morgan fingerprint density at radius 1 is 0.974 bits per heavy atom. The van der Waals surface area contributed by atoms with Crippen molar-refractivity contribution in [2.75, 3.05) is 20.8 Å². The lowest BCUT2D eigenvalue weighted by Gasteiger charge is -2.10. The van der Waals surface area contributed by atoms with Crippen molar-refractivity contribution in [3.05, 3.63) is 106 Å². The summed E-state index contributed by atoms with van der Waals surface area (Å²) in [6, 6.07) is 17.6. The van der Waals surface area contributed by atoms with Gasteiger partial charge in [0.05, 0.1) is 19.8 Å². The molecule has 0 aliphatic carbocycles. The number of carbonyl (C=O) groups excluding carboxylic acids is 2. The lowest BCUT2D eigenvalue weighted by Crippen LogP contribution is -2.17. The normalized spacial score (nSPS) is 11.4. The zero-order valence-corrected chi connectivity index (χ0v) is 20.8. The summed E-state index contributed by atoms with van der Waals surface area (Å²) < 4.78 is 15.7. The van der Waals surface area contributed by atoms with Crippen molar-refractivity contribution in [2.45, 2.75) is 6.42 Å². The van der Waals surface area contributed by atoms with E-state index in [1.54, 1.807) is 54.6 Å². The van der Waals surface area contributed by atoms with Crippen molar-refractivity contribution >= 4 is 29.2 Å². The minimum Gasteiger partial charge on any atom is -0.509 e. The van der Waals surface area contributed by atoms with Crippen LogP contribution in [0, 0.1) is 4.91 Å². The van der Waals surface area contributed by atoms with Crippen LogP contribution >= 0.6 is 0 Å². The van der Waals surface area contributed by atoms with E-state index in [1.165, 1.54) is 32.4 Å². The summed E-state index contributed by atoms with van der Waals surface area (Å²) in [6.45, 7) is 2.96. The lowest BCUT2D eigenvalue weighted by atomic mass is 10.1. The second-order valence-electron chi connectivity index (χ2n) is 7.76. The molecule has 194 valence electrons. The molecule has 10 nitrogen and oxygen atoms in total. The van der Waals surface area contributed by atoms with Gasteiger partial charge in [0.15, 0.2) is 12.3 Å². The number of azo groups is 1. The van der Waals surface area contributed by atoms with E-state index in [1.807, 2.05) is 0 Å². The van der Waals surface area contributed by atoms with Crippen LogP contribution in [0.5, 0.6) is 11.5 Å². The number of nitroso groups, excluding NO2 is 1. The van der Waals surface area contributed by atoms with Crippen molar-refractivity contribution in [1.29, 1.82) is 0 Å². The molecule has 0 aromatic heterocycles. The molecule has 0 saturated carbocycles. The van der Waals surface area contributed by atoms with Gasteiger partial charge in [-0.05, 0) is 41.1 Å². The fraction of sp³-hybridized carbons (Fsp3) is 0.143. The average Bonchev–Trinajstić information content (AvgIpc) is 2.96. The van der Waals surface area contributed by atoms with E-state index < -0.39 is 29.8 Å². The monoisotopic (exact) mass is 515 g/mol.